The third-order valence-electron chi connectivity index (χ3n) is 9.24. The highest BCUT2D eigenvalue weighted by Crippen LogP contribution is 2.37. The van der Waals surface area contributed by atoms with E-state index in [2.05, 4.69) is 102 Å². The summed E-state index contributed by atoms with van der Waals surface area (Å²) in [4.78, 5) is 9.50. The Morgan fingerprint density at radius 3 is 1.51 bits per heavy atom. The van der Waals surface area contributed by atoms with Crippen LogP contribution in [-0.4, -0.2) is 36.5 Å². The number of ether oxygens (including phenoxy) is 1. The number of methoxy groups -OCH3 is 1. The quantitative estimate of drug-likeness (QED) is 0.160. The topological polar surface area (TPSA) is 96.9 Å². The van der Waals surface area contributed by atoms with Gasteiger partial charge in [-0.3, -0.25) is 0 Å². The number of nitrogens with zero attached hydrogens (tertiary/aromatic N) is 6. The maximum absolute atomic E-state index is 5.64. The van der Waals surface area contributed by atoms with E-state index >= 15 is 0 Å². The summed E-state index contributed by atoms with van der Waals surface area (Å²) in [6.07, 6.45) is 0. The fourth-order valence-corrected chi connectivity index (χ4v) is 7.31. The number of hydrogen-bond acceptors (Lipinski definition) is 7. The molecular formula is C41H39BrN6O3. The largest absolute Gasteiger partial charge is 0.494 e. The predicted octanol–water partition coefficient (Wildman–Crippen LogP) is 10.1. The van der Waals surface area contributed by atoms with Crippen molar-refractivity contribution < 1.29 is 13.8 Å². The van der Waals surface area contributed by atoms with Crippen molar-refractivity contribution in [2.75, 3.05) is 7.11 Å². The number of hydrogen-bond donors (Lipinski definition) is 0. The van der Waals surface area contributed by atoms with E-state index in [0.717, 1.165) is 102 Å². The van der Waals surface area contributed by atoms with Gasteiger partial charge in [0.05, 0.1) is 29.5 Å². The molecule has 0 saturated heterocycles. The Hall–Kier alpha value is -5.48. The van der Waals surface area contributed by atoms with Crippen molar-refractivity contribution in [1.82, 2.24) is 29.4 Å². The highest BCUT2D eigenvalue weighted by Gasteiger charge is 2.19. The maximum Gasteiger partial charge on any atom is 0.147 e. The number of halogens is 1. The van der Waals surface area contributed by atoms with Gasteiger partial charge in [0.25, 0.3) is 0 Å². The molecule has 0 N–H and O–H groups in total. The van der Waals surface area contributed by atoms with Crippen LogP contribution in [0.2, 0.25) is 0 Å². The second-order valence-corrected chi connectivity index (χ2v) is 13.6. The first-order valence-corrected chi connectivity index (χ1v) is 17.6. The van der Waals surface area contributed by atoms with Crippen LogP contribution in [0.1, 0.15) is 45.7 Å². The molecule has 0 spiro atoms. The van der Waals surface area contributed by atoms with Crippen LogP contribution >= 0.6 is 15.9 Å². The Labute approximate surface area is 305 Å². The lowest BCUT2D eigenvalue weighted by atomic mass is 10.0. The Kier molecular flexibility index (Phi) is 9.35. The first kappa shape index (κ1) is 34.0. The molecule has 4 aromatic heterocycles. The first-order valence-electron chi connectivity index (χ1n) is 16.8. The molecule has 0 aliphatic carbocycles. The maximum atomic E-state index is 5.64. The number of imidazole rings is 2. The normalized spacial score (nSPS) is 11.3. The van der Waals surface area contributed by atoms with Gasteiger partial charge in [0, 0.05) is 28.7 Å². The minimum absolute atomic E-state index is 0.757. The molecule has 0 aliphatic rings. The Morgan fingerprint density at radius 1 is 0.608 bits per heavy atom. The van der Waals surface area contributed by atoms with Crippen LogP contribution in [0.5, 0.6) is 5.75 Å². The van der Waals surface area contributed by atoms with Crippen molar-refractivity contribution in [2.24, 2.45) is 0 Å². The lowest BCUT2D eigenvalue weighted by Gasteiger charge is -2.10. The molecule has 10 heteroatoms. The Balaban J connectivity index is 0.000000159. The van der Waals surface area contributed by atoms with Gasteiger partial charge in [-0.05, 0) is 104 Å². The highest BCUT2D eigenvalue weighted by molar-refractivity contribution is 9.10. The van der Waals surface area contributed by atoms with Crippen molar-refractivity contribution in [1.29, 1.82) is 0 Å². The monoisotopic (exact) mass is 742 g/mol. The van der Waals surface area contributed by atoms with Crippen molar-refractivity contribution in [3.05, 3.63) is 135 Å². The fourth-order valence-electron chi connectivity index (χ4n) is 6.77. The molecule has 0 unspecified atom stereocenters. The van der Waals surface area contributed by atoms with Crippen LogP contribution < -0.4 is 4.74 Å². The van der Waals surface area contributed by atoms with E-state index in [1.54, 1.807) is 7.11 Å². The van der Waals surface area contributed by atoms with E-state index in [-0.39, 0.29) is 0 Å². The zero-order chi connectivity index (χ0) is 35.8. The Bertz CT molecular complexity index is 2450. The zero-order valence-electron chi connectivity index (χ0n) is 29.8. The number of rotatable bonds is 7. The second-order valence-electron chi connectivity index (χ2n) is 12.7. The lowest BCUT2D eigenvalue weighted by Crippen LogP contribution is -2.02. The summed E-state index contributed by atoms with van der Waals surface area (Å²) in [5.41, 5.74) is 12.4. The number of fused-ring (bicyclic) bond motifs is 2. The molecule has 258 valence electrons. The average molecular weight is 744 g/mol. The molecule has 0 radical (unpaired) electrons. The van der Waals surface area contributed by atoms with Gasteiger partial charge in [0.15, 0.2) is 0 Å². The van der Waals surface area contributed by atoms with E-state index in [1.165, 1.54) is 11.1 Å². The van der Waals surface area contributed by atoms with Crippen molar-refractivity contribution in [3.63, 3.8) is 0 Å². The van der Waals surface area contributed by atoms with E-state index < -0.39 is 0 Å². The van der Waals surface area contributed by atoms with Crippen LogP contribution in [0.25, 0.3) is 44.3 Å². The van der Waals surface area contributed by atoms with Gasteiger partial charge in [0.2, 0.25) is 0 Å². The summed E-state index contributed by atoms with van der Waals surface area (Å²) >= 11 is 3.69. The van der Waals surface area contributed by atoms with Gasteiger partial charge in [0.1, 0.15) is 40.0 Å². The molecule has 0 atom stereocenters. The second kappa shape index (κ2) is 14.0. The van der Waals surface area contributed by atoms with Crippen molar-refractivity contribution >= 4 is 38.0 Å². The third kappa shape index (κ3) is 6.59. The molecule has 0 saturated carbocycles. The molecular weight excluding hydrogens is 704 g/mol. The van der Waals surface area contributed by atoms with E-state index in [4.69, 9.17) is 23.8 Å². The molecule has 4 aromatic carbocycles. The van der Waals surface area contributed by atoms with Gasteiger partial charge < -0.3 is 22.9 Å². The lowest BCUT2D eigenvalue weighted by molar-refractivity contribution is 0.393. The minimum atomic E-state index is 0.757. The molecule has 9 nitrogen and oxygen atoms in total. The summed E-state index contributed by atoms with van der Waals surface area (Å²) in [7, 11) is 1.68. The molecule has 0 aliphatic heterocycles. The SMILES string of the molecule is COc1cc(-c2c(C)noc2C)cc2c1nc(C)n2Cc1ccccc1.Cc1noc(C)c1-c1cc(Br)c2nc(C)n(Cc3ccccc3)c2c1. The van der Waals surface area contributed by atoms with Gasteiger partial charge in [-0.2, -0.15) is 0 Å². The minimum Gasteiger partial charge on any atom is -0.494 e. The van der Waals surface area contributed by atoms with Gasteiger partial charge in [-0.15, -0.1) is 0 Å². The molecule has 8 rings (SSSR count). The molecule has 51 heavy (non-hydrogen) atoms. The van der Waals surface area contributed by atoms with Crippen LogP contribution in [-0.2, 0) is 13.1 Å². The molecule has 8 aromatic rings. The molecule has 0 amide bonds. The summed E-state index contributed by atoms with van der Waals surface area (Å²) in [6.45, 7) is 13.4. The summed E-state index contributed by atoms with van der Waals surface area (Å²) in [5, 5.41) is 8.17. The van der Waals surface area contributed by atoms with Crippen LogP contribution in [0, 0.1) is 41.5 Å². The highest BCUT2D eigenvalue weighted by atomic mass is 79.9. The molecule has 0 fully saturated rings. The third-order valence-corrected chi connectivity index (χ3v) is 9.84. The van der Waals surface area contributed by atoms with Crippen LogP contribution in [0.15, 0.2) is 98.4 Å². The van der Waals surface area contributed by atoms with Crippen LogP contribution in [0.4, 0.5) is 0 Å². The summed E-state index contributed by atoms with van der Waals surface area (Å²) < 4.78 is 21.8. The van der Waals surface area contributed by atoms with E-state index in [9.17, 15) is 0 Å². The number of aryl methyl sites for hydroxylation is 6. The number of aromatic nitrogens is 6. The summed E-state index contributed by atoms with van der Waals surface area (Å²) in [5.74, 6) is 4.34. The predicted molar refractivity (Wildman–Crippen MR) is 204 cm³/mol. The van der Waals surface area contributed by atoms with Gasteiger partial charge in [-0.25, -0.2) is 9.97 Å². The molecule has 0 bridgehead atoms. The van der Waals surface area contributed by atoms with Crippen LogP contribution in [0.3, 0.4) is 0 Å². The molecule has 4 heterocycles. The van der Waals surface area contributed by atoms with E-state index in [1.807, 2.05) is 59.7 Å². The van der Waals surface area contributed by atoms with E-state index in [0.29, 0.717) is 0 Å². The van der Waals surface area contributed by atoms with Gasteiger partial charge in [-0.1, -0.05) is 71.0 Å². The smallest absolute Gasteiger partial charge is 0.147 e. The average Bonchev–Trinajstić information content (AvgIpc) is 3.85. The Morgan fingerprint density at radius 2 is 1.06 bits per heavy atom. The van der Waals surface area contributed by atoms with Gasteiger partial charge >= 0.3 is 0 Å². The fraction of sp³-hybridized carbons (Fsp3) is 0.220. The standard InChI is InChI=1S/C21H21N3O2.C20H18BrN3O/c1-13-20(14(2)26-23-13)17-10-18-21(19(11-17)25-4)22-15(3)24(18)12-16-8-6-5-7-9-16;1-12-19(13(2)25-23-12)16-9-17(21)20-18(10-16)24(14(3)22-20)11-15-7-5-4-6-8-15/h5-11H,12H2,1-4H3;4-10H,11H2,1-3H3. The first-order chi connectivity index (χ1) is 24.6. The zero-order valence-corrected chi connectivity index (χ0v) is 31.4. The van der Waals surface area contributed by atoms with Crippen molar-refractivity contribution in [2.45, 2.75) is 54.6 Å². The number of benzene rings is 4. The van der Waals surface area contributed by atoms with Crippen molar-refractivity contribution in [3.8, 4) is 28.0 Å². The summed E-state index contributed by atoms with van der Waals surface area (Å²) in [6, 6.07) is 29.3.